The first-order valence-corrected chi connectivity index (χ1v) is 11.2. The van der Waals surface area contributed by atoms with E-state index in [1.165, 1.54) is 16.9 Å². The van der Waals surface area contributed by atoms with Gasteiger partial charge in [0.15, 0.2) is 11.7 Å². The van der Waals surface area contributed by atoms with E-state index < -0.39 is 0 Å². The summed E-state index contributed by atoms with van der Waals surface area (Å²) in [6.07, 6.45) is 0.857. The predicted octanol–water partition coefficient (Wildman–Crippen LogP) is 6.45. The molecule has 29 heavy (non-hydrogen) atoms. The molecule has 2 aromatic carbocycles. The highest BCUT2D eigenvalue weighted by atomic mass is 79.9. The van der Waals surface area contributed by atoms with Gasteiger partial charge < -0.3 is 4.74 Å². The molecule has 1 N–H and O–H groups in total. The van der Waals surface area contributed by atoms with Gasteiger partial charge in [-0.15, -0.1) is 11.3 Å². The van der Waals surface area contributed by atoms with Crippen LogP contribution in [0.2, 0.25) is 0 Å². The summed E-state index contributed by atoms with van der Waals surface area (Å²) in [6.45, 7) is 8.53. The van der Waals surface area contributed by atoms with Crippen molar-refractivity contribution in [2.45, 2.75) is 39.5 Å². The van der Waals surface area contributed by atoms with Gasteiger partial charge in [-0.05, 0) is 41.7 Å². The molecule has 0 unspecified atom stereocenters. The molecule has 0 aliphatic carbocycles. The number of carbonyl (C=O) groups is 1. The molecule has 0 bridgehead atoms. The van der Waals surface area contributed by atoms with Crippen molar-refractivity contribution in [3.8, 4) is 17.0 Å². The number of thiazole rings is 1. The first-order chi connectivity index (χ1) is 13.8. The van der Waals surface area contributed by atoms with Gasteiger partial charge in [0.1, 0.15) is 5.75 Å². The number of aryl methyl sites for hydroxylation is 1. The van der Waals surface area contributed by atoms with Gasteiger partial charge >= 0.3 is 0 Å². The highest BCUT2D eigenvalue weighted by Gasteiger charge is 2.15. The quantitative estimate of drug-likeness (QED) is 0.448. The second-order valence-corrected chi connectivity index (χ2v) is 9.76. The molecule has 0 radical (unpaired) electrons. The lowest BCUT2D eigenvalue weighted by Gasteiger charge is -2.19. The van der Waals surface area contributed by atoms with Crippen LogP contribution in [0.25, 0.3) is 11.3 Å². The van der Waals surface area contributed by atoms with Crippen LogP contribution in [0.3, 0.4) is 0 Å². The summed E-state index contributed by atoms with van der Waals surface area (Å²) in [7, 11) is 0. The Bertz CT molecular complexity index is 974. The van der Waals surface area contributed by atoms with Crippen molar-refractivity contribution in [2.24, 2.45) is 0 Å². The third-order valence-electron chi connectivity index (χ3n) is 4.47. The Balaban J connectivity index is 1.63. The summed E-state index contributed by atoms with van der Waals surface area (Å²) in [5.74, 6) is 0.459. The number of halogens is 1. The first kappa shape index (κ1) is 21.5. The third kappa shape index (κ3) is 5.67. The minimum Gasteiger partial charge on any atom is -0.484 e. The molecule has 0 saturated carbocycles. The number of hydrogen-bond acceptors (Lipinski definition) is 4. The lowest BCUT2D eigenvalue weighted by atomic mass is 9.87. The number of hydrogen-bond donors (Lipinski definition) is 1. The maximum absolute atomic E-state index is 12.3. The molecule has 1 aromatic heterocycles. The van der Waals surface area contributed by atoms with E-state index in [1.807, 2.05) is 48.5 Å². The average molecular weight is 473 g/mol. The zero-order chi connectivity index (χ0) is 21.0. The van der Waals surface area contributed by atoms with Crippen LogP contribution in [0.1, 0.15) is 38.1 Å². The monoisotopic (exact) mass is 472 g/mol. The number of benzene rings is 2. The predicted molar refractivity (Wildman–Crippen MR) is 124 cm³/mol. The molecule has 1 amide bonds. The van der Waals surface area contributed by atoms with Crippen molar-refractivity contribution in [3.05, 3.63) is 63.4 Å². The SMILES string of the molecule is CCc1sc(NC(=O)COc2ccc(C(C)(C)C)cc2)nc1-c1ccc(Br)cc1. The molecule has 1 heterocycles. The number of aromatic nitrogens is 1. The fourth-order valence-electron chi connectivity index (χ4n) is 2.83. The smallest absolute Gasteiger partial charge is 0.264 e. The zero-order valence-corrected chi connectivity index (χ0v) is 19.5. The summed E-state index contributed by atoms with van der Waals surface area (Å²) in [6, 6.07) is 15.9. The number of anilines is 1. The molecule has 0 aliphatic heterocycles. The average Bonchev–Trinajstić information content (AvgIpc) is 3.09. The Hall–Kier alpha value is -2.18. The van der Waals surface area contributed by atoms with E-state index in [9.17, 15) is 4.79 Å². The van der Waals surface area contributed by atoms with E-state index in [0.717, 1.165) is 27.0 Å². The highest BCUT2D eigenvalue weighted by molar-refractivity contribution is 9.10. The van der Waals surface area contributed by atoms with Crippen LogP contribution in [-0.4, -0.2) is 17.5 Å². The molecular weight excluding hydrogens is 448 g/mol. The van der Waals surface area contributed by atoms with Crippen molar-refractivity contribution >= 4 is 38.3 Å². The first-order valence-electron chi connectivity index (χ1n) is 9.55. The Morgan fingerprint density at radius 3 is 2.34 bits per heavy atom. The Morgan fingerprint density at radius 1 is 1.10 bits per heavy atom. The molecule has 3 rings (SSSR count). The van der Waals surface area contributed by atoms with Crippen molar-refractivity contribution in [1.82, 2.24) is 4.98 Å². The van der Waals surface area contributed by atoms with Crippen molar-refractivity contribution < 1.29 is 9.53 Å². The van der Waals surface area contributed by atoms with E-state index >= 15 is 0 Å². The van der Waals surface area contributed by atoms with E-state index in [2.05, 4.69) is 53.9 Å². The maximum Gasteiger partial charge on any atom is 0.264 e. The number of amides is 1. The molecule has 0 aliphatic rings. The van der Waals surface area contributed by atoms with Gasteiger partial charge in [0, 0.05) is 14.9 Å². The summed E-state index contributed by atoms with van der Waals surface area (Å²) < 4.78 is 6.65. The van der Waals surface area contributed by atoms with Gasteiger partial charge in [0.25, 0.3) is 5.91 Å². The van der Waals surface area contributed by atoms with Crippen molar-refractivity contribution in [2.75, 3.05) is 11.9 Å². The van der Waals surface area contributed by atoms with Gasteiger partial charge in [-0.25, -0.2) is 4.98 Å². The van der Waals surface area contributed by atoms with Crippen LogP contribution in [0, 0.1) is 0 Å². The second kappa shape index (κ2) is 9.09. The topological polar surface area (TPSA) is 51.2 Å². The summed E-state index contributed by atoms with van der Waals surface area (Å²) in [4.78, 5) is 18.1. The standard InChI is InChI=1S/C23H25BrN2O2S/c1-5-19-21(15-6-10-17(24)11-7-15)26-22(29-19)25-20(27)14-28-18-12-8-16(9-13-18)23(2,3)4/h6-13H,5,14H2,1-4H3,(H,25,26,27). The lowest BCUT2D eigenvalue weighted by Crippen LogP contribution is -2.20. The molecule has 6 heteroatoms. The van der Waals surface area contributed by atoms with E-state index in [0.29, 0.717) is 10.9 Å². The molecule has 0 atom stereocenters. The normalized spacial score (nSPS) is 11.3. The number of ether oxygens (including phenoxy) is 1. The molecule has 0 fully saturated rings. The highest BCUT2D eigenvalue weighted by Crippen LogP contribution is 2.32. The summed E-state index contributed by atoms with van der Waals surface area (Å²) >= 11 is 4.96. The molecule has 152 valence electrons. The van der Waals surface area contributed by atoms with Gasteiger partial charge in [-0.2, -0.15) is 0 Å². The van der Waals surface area contributed by atoms with Gasteiger partial charge in [-0.1, -0.05) is 67.9 Å². The fourth-order valence-corrected chi connectivity index (χ4v) is 4.04. The summed E-state index contributed by atoms with van der Waals surface area (Å²) in [5, 5.41) is 3.45. The van der Waals surface area contributed by atoms with Crippen molar-refractivity contribution in [3.63, 3.8) is 0 Å². The van der Waals surface area contributed by atoms with Gasteiger partial charge in [0.2, 0.25) is 0 Å². The van der Waals surface area contributed by atoms with Crippen LogP contribution >= 0.6 is 27.3 Å². The lowest BCUT2D eigenvalue weighted by molar-refractivity contribution is -0.118. The number of nitrogens with zero attached hydrogens (tertiary/aromatic N) is 1. The van der Waals surface area contributed by atoms with E-state index in [4.69, 9.17) is 4.74 Å². The van der Waals surface area contributed by atoms with Crippen molar-refractivity contribution in [1.29, 1.82) is 0 Å². The minimum atomic E-state index is -0.219. The summed E-state index contributed by atoms with van der Waals surface area (Å²) in [5.41, 5.74) is 3.27. The maximum atomic E-state index is 12.3. The number of rotatable bonds is 6. The number of nitrogens with one attached hydrogen (secondary N) is 1. The van der Waals surface area contributed by atoms with Crippen LogP contribution in [0.4, 0.5) is 5.13 Å². The van der Waals surface area contributed by atoms with Gasteiger partial charge in [0.05, 0.1) is 5.69 Å². The van der Waals surface area contributed by atoms with Crippen LogP contribution in [0.15, 0.2) is 53.0 Å². The number of carbonyl (C=O) groups excluding carboxylic acids is 1. The minimum absolute atomic E-state index is 0.0521. The zero-order valence-electron chi connectivity index (χ0n) is 17.1. The van der Waals surface area contributed by atoms with Crippen LogP contribution in [-0.2, 0) is 16.6 Å². The Kier molecular flexibility index (Phi) is 6.75. The molecule has 0 spiro atoms. The second-order valence-electron chi connectivity index (χ2n) is 7.76. The van der Waals surface area contributed by atoms with Crippen LogP contribution in [0.5, 0.6) is 5.75 Å². The van der Waals surface area contributed by atoms with E-state index in [-0.39, 0.29) is 17.9 Å². The molecule has 3 aromatic rings. The largest absolute Gasteiger partial charge is 0.484 e. The Morgan fingerprint density at radius 2 is 1.76 bits per heavy atom. The van der Waals surface area contributed by atoms with Gasteiger partial charge in [-0.3, -0.25) is 10.1 Å². The third-order valence-corrected chi connectivity index (χ3v) is 6.12. The molecule has 4 nitrogen and oxygen atoms in total. The fraction of sp³-hybridized carbons (Fsp3) is 0.304. The molecule has 0 saturated heterocycles. The van der Waals surface area contributed by atoms with E-state index in [1.54, 1.807) is 0 Å². The molecular formula is C23H25BrN2O2S. The Labute approximate surface area is 184 Å². The van der Waals surface area contributed by atoms with Crippen LogP contribution < -0.4 is 10.1 Å².